The first kappa shape index (κ1) is 31.2. The van der Waals surface area contributed by atoms with E-state index in [4.69, 9.17) is 27.9 Å². The van der Waals surface area contributed by atoms with Crippen LogP contribution in [0.15, 0.2) is 78.9 Å². The third kappa shape index (κ3) is 8.33. The van der Waals surface area contributed by atoms with Crippen molar-refractivity contribution < 1.29 is 28.4 Å². The van der Waals surface area contributed by atoms with Crippen LogP contribution >= 0.6 is 23.2 Å². The summed E-state index contributed by atoms with van der Waals surface area (Å²) in [5, 5.41) is 17.9. The summed E-state index contributed by atoms with van der Waals surface area (Å²) in [5.41, 5.74) is 3.81. The Morgan fingerprint density at radius 3 is 1.58 bits per heavy atom. The molecule has 2 aliphatic rings. The molecular weight excluding hydrogens is 554 g/mol. The van der Waals surface area contributed by atoms with Gasteiger partial charge in [0.05, 0.1) is 19.8 Å². The fraction of sp³-hybridized carbons (Fsp3) is 0.419. The predicted molar refractivity (Wildman–Crippen MR) is 154 cm³/mol. The minimum Gasteiger partial charge on any atom is -0.395 e. The van der Waals surface area contributed by atoms with Crippen molar-refractivity contribution in [2.45, 2.75) is 43.1 Å². The molecule has 5 rings (SSSR count). The maximum atomic E-state index is 9.60. The second-order valence-electron chi connectivity index (χ2n) is 10.2. The molecule has 0 amide bonds. The van der Waals surface area contributed by atoms with Crippen LogP contribution in [0, 0.1) is 0 Å². The van der Waals surface area contributed by atoms with E-state index in [0.29, 0.717) is 6.61 Å². The third-order valence-electron chi connectivity index (χ3n) is 7.83. The van der Waals surface area contributed by atoms with Gasteiger partial charge in [-0.3, -0.25) is 0 Å². The van der Waals surface area contributed by atoms with Gasteiger partial charge < -0.3 is 20.5 Å². The first-order valence-corrected chi connectivity index (χ1v) is 14.0. The van der Waals surface area contributed by atoms with E-state index >= 15 is 0 Å². The summed E-state index contributed by atoms with van der Waals surface area (Å²) < 4.78 is 6.09. The van der Waals surface area contributed by atoms with E-state index in [-0.39, 0.29) is 36.0 Å². The number of ether oxygens (including phenoxy) is 1. The number of rotatable bonds is 7. The Hall–Kier alpha value is -1.34. The first-order valence-electron chi connectivity index (χ1n) is 13.2. The standard InChI is InChI=1S/C19H22ClNO.C12H16ClNO.V/c20-18-8-6-17(7-9-18)19(10-12-21-13-11-19)15-22-14-16-4-2-1-3-5-16;13-11-3-1-10(2-4-11)12(9-15)5-7-14-8-6-12;/h1-9,21H,10-15H2;1-4,14-15H,5-9H2;. The van der Waals surface area contributed by atoms with Gasteiger partial charge in [0.25, 0.3) is 0 Å². The normalized spacial score (nSPS) is 18.0. The molecule has 7 heteroatoms. The summed E-state index contributed by atoms with van der Waals surface area (Å²) in [4.78, 5) is 0. The number of aliphatic hydroxyl groups excluding tert-OH is 1. The molecule has 2 saturated heterocycles. The molecule has 0 aromatic heterocycles. The van der Waals surface area contributed by atoms with Crippen molar-refractivity contribution in [1.29, 1.82) is 0 Å². The minimum absolute atomic E-state index is 0. The van der Waals surface area contributed by atoms with Crippen LogP contribution in [0.3, 0.4) is 0 Å². The molecule has 2 aliphatic heterocycles. The van der Waals surface area contributed by atoms with Crippen molar-refractivity contribution in [3.63, 3.8) is 0 Å². The molecule has 203 valence electrons. The number of aliphatic hydroxyl groups is 1. The zero-order valence-electron chi connectivity index (χ0n) is 21.8. The molecule has 3 N–H and O–H groups in total. The van der Waals surface area contributed by atoms with Crippen molar-refractivity contribution >= 4 is 23.2 Å². The van der Waals surface area contributed by atoms with Gasteiger partial charge in [0.1, 0.15) is 0 Å². The molecule has 2 heterocycles. The van der Waals surface area contributed by atoms with Crippen LogP contribution in [0.5, 0.6) is 0 Å². The van der Waals surface area contributed by atoms with E-state index in [1.54, 1.807) is 0 Å². The molecule has 38 heavy (non-hydrogen) atoms. The summed E-state index contributed by atoms with van der Waals surface area (Å²) in [6.45, 7) is 5.67. The van der Waals surface area contributed by atoms with Gasteiger partial charge in [-0.1, -0.05) is 77.8 Å². The monoisotopic (exact) mass is 591 g/mol. The molecule has 4 nitrogen and oxygen atoms in total. The second kappa shape index (κ2) is 15.5. The zero-order valence-corrected chi connectivity index (χ0v) is 24.8. The average Bonchev–Trinajstić information content (AvgIpc) is 2.95. The Labute approximate surface area is 249 Å². The largest absolute Gasteiger partial charge is 0.395 e. The molecule has 0 spiro atoms. The van der Waals surface area contributed by atoms with Gasteiger partial charge in [-0.25, -0.2) is 0 Å². The number of hydrogen-bond acceptors (Lipinski definition) is 4. The van der Waals surface area contributed by atoms with Gasteiger partial charge >= 0.3 is 0 Å². The van der Waals surface area contributed by atoms with Crippen LogP contribution in [0.2, 0.25) is 10.0 Å². The summed E-state index contributed by atoms with van der Waals surface area (Å²) in [6, 6.07) is 26.5. The summed E-state index contributed by atoms with van der Waals surface area (Å²) >= 11 is 11.9. The molecular formula is C31H38Cl2N2O2V. The van der Waals surface area contributed by atoms with Crippen molar-refractivity contribution in [1.82, 2.24) is 10.6 Å². The number of benzene rings is 3. The predicted octanol–water partition coefficient (Wildman–Crippen LogP) is 6.13. The molecule has 0 bridgehead atoms. The van der Waals surface area contributed by atoms with E-state index in [9.17, 15) is 5.11 Å². The summed E-state index contributed by atoms with van der Waals surface area (Å²) in [7, 11) is 0. The second-order valence-corrected chi connectivity index (χ2v) is 11.1. The van der Waals surface area contributed by atoms with Gasteiger partial charge in [-0.2, -0.15) is 0 Å². The van der Waals surface area contributed by atoms with Gasteiger partial charge in [-0.05, 0) is 92.8 Å². The molecule has 0 aliphatic carbocycles. The van der Waals surface area contributed by atoms with Crippen LogP contribution in [0.25, 0.3) is 0 Å². The van der Waals surface area contributed by atoms with Crippen LogP contribution in [0.1, 0.15) is 42.4 Å². The summed E-state index contributed by atoms with van der Waals surface area (Å²) in [5.74, 6) is 0. The van der Waals surface area contributed by atoms with E-state index in [2.05, 4.69) is 47.0 Å². The quantitative estimate of drug-likeness (QED) is 0.309. The Morgan fingerprint density at radius 1 is 0.658 bits per heavy atom. The Balaban J connectivity index is 0.000000220. The molecule has 0 saturated carbocycles. The molecule has 3 aromatic carbocycles. The van der Waals surface area contributed by atoms with Crippen LogP contribution in [0.4, 0.5) is 0 Å². The molecule has 0 atom stereocenters. The molecule has 3 aromatic rings. The van der Waals surface area contributed by atoms with E-state index in [0.717, 1.165) is 68.5 Å². The van der Waals surface area contributed by atoms with E-state index in [1.807, 2.05) is 42.5 Å². The Morgan fingerprint density at radius 2 is 1.11 bits per heavy atom. The van der Waals surface area contributed by atoms with Crippen LogP contribution in [-0.4, -0.2) is 44.5 Å². The Bertz CT molecular complexity index is 1070. The number of hydrogen-bond donors (Lipinski definition) is 3. The minimum atomic E-state index is -0.0597. The Kier molecular flexibility index (Phi) is 12.7. The maximum absolute atomic E-state index is 9.60. The topological polar surface area (TPSA) is 53.5 Å². The van der Waals surface area contributed by atoms with Crippen LogP contribution < -0.4 is 10.6 Å². The van der Waals surface area contributed by atoms with Crippen molar-refractivity contribution in [2.75, 3.05) is 39.4 Å². The van der Waals surface area contributed by atoms with Crippen molar-refractivity contribution in [3.05, 3.63) is 106 Å². The number of nitrogens with one attached hydrogen (secondary N) is 2. The van der Waals surface area contributed by atoms with Gasteiger partial charge in [0.15, 0.2) is 0 Å². The van der Waals surface area contributed by atoms with Gasteiger partial charge in [0, 0.05) is 39.4 Å². The van der Waals surface area contributed by atoms with Gasteiger partial charge in [0.2, 0.25) is 0 Å². The SMILES string of the molecule is Clc1ccc(C2(COCc3ccccc3)CCNCC2)cc1.OCC1(c2ccc(Cl)cc2)CCNCC1.[V]. The molecule has 0 unspecified atom stereocenters. The smallest absolute Gasteiger partial charge is 0.0717 e. The average molecular weight is 593 g/mol. The fourth-order valence-electron chi connectivity index (χ4n) is 5.41. The van der Waals surface area contributed by atoms with Crippen LogP contribution in [-0.2, 0) is 40.7 Å². The number of piperidine rings is 2. The summed E-state index contributed by atoms with van der Waals surface area (Å²) in [6.07, 6.45) is 4.18. The fourth-order valence-corrected chi connectivity index (χ4v) is 5.66. The van der Waals surface area contributed by atoms with E-state index < -0.39 is 0 Å². The van der Waals surface area contributed by atoms with Gasteiger partial charge in [-0.15, -0.1) is 0 Å². The molecule has 1 radical (unpaired) electrons. The van der Waals surface area contributed by atoms with Crippen molar-refractivity contribution in [2.24, 2.45) is 0 Å². The van der Waals surface area contributed by atoms with E-state index in [1.165, 1.54) is 16.7 Å². The number of halogens is 2. The van der Waals surface area contributed by atoms with Crippen molar-refractivity contribution in [3.8, 4) is 0 Å². The third-order valence-corrected chi connectivity index (χ3v) is 8.33. The molecule has 2 fully saturated rings. The first-order chi connectivity index (χ1) is 18.1. The zero-order chi connectivity index (χ0) is 26.0. The maximum Gasteiger partial charge on any atom is 0.0717 e.